The predicted molar refractivity (Wildman–Crippen MR) is 81.3 cm³/mol. The average molecular weight is 272 g/mol. The zero-order chi connectivity index (χ0) is 14.0. The van der Waals surface area contributed by atoms with Gasteiger partial charge in [0.25, 0.3) is 0 Å². The van der Waals surface area contributed by atoms with Crippen LogP contribution in [0.1, 0.15) is 65.2 Å². The summed E-state index contributed by atoms with van der Waals surface area (Å²) in [5, 5.41) is 0. The number of Topliss-reactive ketones (excluding diaryl/α,β-unsaturated/α-hetero) is 1. The van der Waals surface area contributed by atoms with Gasteiger partial charge in [0.1, 0.15) is 5.78 Å². The van der Waals surface area contributed by atoms with E-state index in [2.05, 4.69) is 26.0 Å². The van der Waals surface area contributed by atoms with Gasteiger partial charge in [0.05, 0.1) is 0 Å². The second-order valence-electron chi connectivity index (χ2n) is 8.45. The van der Waals surface area contributed by atoms with E-state index in [0.717, 1.165) is 24.2 Å². The van der Waals surface area contributed by atoms with Crippen molar-refractivity contribution >= 4 is 5.78 Å². The zero-order valence-electron chi connectivity index (χ0n) is 13.0. The minimum Gasteiger partial charge on any atom is -0.299 e. The number of hydrogen-bond donors (Lipinski definition) is 0. The average Bonchev–Trinajstić information content (AvgIpc) is 2.74. The van der Waals surface area contributed by atoms with Gasteiger partial charge in [-0.15, -0.1) is 0 Å². The molecular weight excluding hydrogens is 244 g/mol. The molecule has 0 radical (unpaired) electrons. The molecule has 1 heteroatoms. The number of carbonyl (C=O) groups excluding carboxylic acids is 1. The van der Waals surface area contributed by atoms with Crippen molar-refractivity contribution in [3.63, 3.8) is 0 Å². The third-order valence-electron chi connectivity index (χ3n) is 7.87. The van der Waals surface area contributed by atoms with Crippen LogP contribution in [0.2, 0.25) is 0 Å². The topological polar surface area (TPSA) is 17.1 Å². The minimum atomic E-state index is 0.0505. The van der Waals surface area contributed by atoms with Gasteiger partial charge in [0.15, 0.2) is 0 Å². The van der Waals surface area contributed by atoms with Gasteiger partial charge < -0.3 is 0 Å². The van der Waals surface area contributed by atoms with Crippen LogP contribution in [0.3, 0.4) is 0 Å². The van der Waals surface area contributed by atoms with Gasteiger partial charge in [0.2, 0.25) is 0 Å². The van der Waals surface area contributed by atoms with Crippen molar-refractivity contribution in [3.05, 3.63) is 12.2 Å². The molecule has 4 aliphatic carbocycles. The number of ketones is 1. The van der Waals surface area contributed by atoms with Crippen molar-refractivity contribution in [3.8, 4) is 0 Å². The maximum atomic E-state index is 12.4. The van der Waals surface area contributed by atoms with Crippen molar-refractivity contribution in [1.82, 2.24) is 0 Å². The highest BCUT2D eigenvalue weighted by molar-refractivity contribution is 5.87. The summed E-state index contributed by atoms with van der Waals surface area (Å²) in [6, 6.07) is 0. The standard InChI is InChI=1S/C19H28O/c1-18-11-4-3-5-13(18)6-7-14-15-8-9-17(20)19(15,2)12-10-16(14)18/h3,5,13-16H,4,6-12H2,1-2H3/t13?,14-,15?,16-,18-,19-/m1/s1. The number of hydrogen-bond acceptors (Lipinski definition) is 1. The Morgan fingerprint density at radius 1 is 1.05 bits per heavy atom. The van der Waals surface area contributed by atoms with Crippen LogP contribution in [0.4, 0.5) is 0 Å². The fraction of sp³-hybridized carbons (Fsp3) is 0.842. The van der Waals surface area contributed by atoms with Crippen molar-refractivity contribution in [2.24, 2.45) is 34.5 Å². The molecule has 1 nitrogen and oxygen atoms in total. The Labute approximate surface area is 123 Å². The molecule has 0 saturated heterocycles. The first kappa shape index (κ1) is 13.1. The molecule has 20 heavy (non-hydrogen) atoms. The highest BCUT2D eigenvalue weighted by Gasteiger charge is 2.59. The summed E-state index contributed by atoms with van der Waals surface area (Å²) in [4.78, 5) is 12.4. The number of allylic oxidation sites excluding steroid dienone is 2. The Morgan fingerprint density at radius 2 is 1.90 bits per heavy atom. The van der Waals surface area contributed by atoms with E-state index < -0.39 is 0 Å². The summed E-state index contributed by atoms with van der Waals surface area (Å²) in [5.74, 6) is 3.83. The Hall–Kier alpha value is -0.590. The molecule has 0 aliphatic heterocycles. The fourth-order valence-electron chi connectivity index (χ4n) is 6.60. The summed E-state index contributed by atoms with van der Waals surface area (Å²) in [6.45, 7) is 4.86. The van der Waals surface area contributed by atoms with E-state index in [4.69, 9.17) is 0 Å². The van der Waals surface area contributed by atoms with Gasteiger partial charge in [-0.2, -0.15) is 0 Å². The highest BCUT2D eigenvalue weighted by Crippen LogP contribution is 2.64. The molecule has 0 heterocycles. The number of rotatable bonds is 0. The van der Waals surface area contributed by atoms with Crippen LogP contribution in [0.15, 0.2) is 12.2 Å². The Kier molecular flexibility index (Phi) is 2.76. The lowest BCUT2D eigenvalue weighted by atomic mass is 9.46. The van der Waals surface area contributed by atoms with Crippen molar-refractivity contribution < 1.29 is 4.79 Å². The molecular formula is C19H28O. The summed E-state index contributed by atoms with van der Waals surface area (Å²) < 4.78 is 0. The number of carbonyl (C=O) groups is 1. The molecule has 3 saturated carbocycles. The second kappa shape index (κ2) is 4.21. The van der Waals surface area contributed by atoms with Gasteiger partial charge >= 0.3 is 0 Å². The first-order chi connectivity index (χ1) is 9.56. The van der Waals surface area contributed by atoms with Gasteiger partial charge in [-0.05, 0) is 74.0 Å². The van der Waals surface area contributed by atoms with Gasteiger partial charge in [0, 0.05) is 11.8 Å². The molecule has 0 aromatic heterocycles. The van der Waals surface area contributed by atoms with E-state index in [1.165, 1.54) is 44.9 Å². The van der Waals surface area contributed by atoms with Crippen LogP contribution in [-0.4, -0.2) is 5.78 Å². The lowest BCUT2D eigenvalue weighted by Gasteiger charge is -2.58. The molecule has 6 atom stereocenters. The van der Waals surface area contributed by atoms with Crippen LogP contribution in [-0.2, 0) is 4.79 Å². The van der Waals surface area contributed by atoms with Crippen LogP contribution in [0.5, 0.6) is 0 Å². The zero-order valence-corrected chi connectivity index (χ0v) is 13.0. The summed E-state index contributed by atoms with van der Waals surface area (Å²) in [6.07, 6.45) is 14.9. The van der Waals surface area contributed by atoms with Gasteiger partial charge in [-0.25, -0.2) is 0 Å². The first-order valence-electron chi connectivity index (χ1n) is 8.76. The summed E-state index contributed by atoms with van der Waals surface area (Å²) in [7, 11) is 0. The molecule has 0 aromatic rings. The van der Waals surface area contributed by atoms with Crippen molar-refractivity contribution in [2.45, 2.75) is 65.2 Å². The Bertz CT molecular complexity index is 464. The third-order valence-corrected chi connectivity index (χ3v) is 7.87. The maximum absolute atomic E-state index is 12.4. The maximum Gasteiger partial charge on any atom is 0.139 e. The van der Waals surface area contributed by atoms with Crippen LogP contribution >= 0.6 is 0 Å². The monoisotopic (exact) mass is 272 g/mol. The van der Waals surface area contributed by atoms with Crippen molar-refractivity contribution in [1.29, 1.82) is 0 Å². The van der Waals surface area contributed by atoms with Crippen LogP contribution in [0, 0.1) is 34.5 Å². The third kappa shape index (κ3) is 1.53. The van der Waals surface area contributed by atoms with E-state index in [0.29, 0.717) is 17.1 Å². The molecule has 3 fully saturated rings. The Balaban J connectivity index is 1.68. The molecule has 4 aliphatic rings. The van der Waals surface area contributed by atoms with Gasteiger partial charge in [-0.1, -0.05) is 26.0 Å². The molecule has 0 N–H and O–H groups in total. The van der Waals surface area contributed by atoms with E-state index in [9.17, 15) is 4.79 Å². The lowest BCUT2D eigenvalue weighted by molar-refractivity contribution is -0.135. The van der Waals surface area contributed by atoms with Crippen molar-refractivity contribution in [2.75, 3.05) is 0 Å². The van der Waals surface area contributed by atoms with Crippen LogP contribution < -0.4 is 0 Å². The molecule has 0 bridgehead atoms. The van der Waals surface area contributed by atoms with Crippen LogP contribution in [0.25, 0.3) is 0 Å². The Morgan fingerprint density at radius 3 is 2.75 bits per heavy atom. The van der Waals surface area contributed by atoms with E-state index in [1.54, 1.807) is 0 Å². The molecule has 0 spiro atoms. The lowest BCUT2D eigenvalue weighted by Crippen LogP contribution is -2.52. The number of fused-ring (bicyclic) bond motifs is 5. The van der Waals surface area contributed by atoms with Gasteiger partial charge in [-0.3, -0.25) is 4.79 Å². The summed E-state index contributed by atoms with van der Waals surface area (Å²) in [5.41, 5.74) is 0.583. The smallest absolute Gasteiger partial charge is 0.139 e. The SMILES string of the molecule is C[C@@]12CC[C@@H]3[C@H](CCC4C=CCC[C@]43C)C1CCC2=O. The normalized spacial score (nSPS) is 54.2. The van der Waals surface area contributed by atoms with E-state index in [-0.39, 0.29) is 5.41 Å². The largest absolute Gasteiger partial charge is 0.299 e. The highest BCUT2D eigenvalue weighted by atomic mass is 16.1. The summed E-state index contributed by atoms with van der Waals surface area (Å²) >= 11 is 0. The minimum absolute atomic E-state index is 0.0505. The first-order valence-corrected chi connectivity index (χ1v) is 8.76. The van der Waals surface area contributed by atoms with E-state index in [1.807, 2.05) is 0 Å². The molecule has 2 unspecified atom stereocenters. The molecule has 0 amide bonds. The van der Waals surface area contributed by atoms with E-state index >= 15 is 0 Å². The second-order valence-corrected chi connectivity index (χ2v) is 8.45. The quantitative estimate of drug-likeness (QED) is 0.581. The predicted octanol–water partition coefficient (Wildman–Crippen LogP) is 4.76. The molecule has 0 aromatic carbocycles. The fourth-order valence-corrected chi connectivity index (χ4v) is 6.60. The molecule has 4 rings (SSSR count). The molecule has 110 valence electrons.